The molecule has 6 N–H and O–H groups in total. The Bertz CT molecular complexity index is 1020. The van der Waals surface area contributed by atoms with E-state index < -0.39 is 29.1 Å². The standard InChI is InChI=1S/C16H17ClN6O5/c17-11-7-23(16(28)22-14(11)26)8-13(25)20-9-2-1-3-10(6-9)21-15(27)19-5-4-12(18)24/h1-3,6-7H,4-5,8H2,(H2,18,24)(H,20,25)(H2,19,21,27)(H,22,26,28). The number of aromatic amines is 1. The van der Waals surface area contributed by atoms with Crippen molar-refractivity contribution in [1.82, 2.24) is 14.9 Å². The van der Waals surface area contributed by atoms with Crippen molar-refractivity contribution < 1.29 is 14.4 Å². The highest BCUT2D eigenvalue weighted by Gasteiger charge is 2.09. The number of aromatic nitrogens is 2. The van der Waals surface area contributed by atoms with Gasteiger partial charge >= 0.3 is 11.7 Å². The fourth-order valence-electron chi connectivity index (χ4n) is 2.10. The molecule has 0 radical (unpaired) electrons. The second-order valence-electron chi connectivity index (χ2n) is 5.59. The van der Waals surface area contributed by atoms with Gasteiger partial charge < -0.3 is 21.7 Å². The number of hydrogen-bond acceptors (Lipinski definition) is 5. The van der Waals surface area contributed by atoms with Crippen molar-refractivity contribution in [2.45, 2.75) is 13.0 Å². The quantitative estimate of drug-likeness (QED) is 0.427. The van der Waals surface area contributed by atoms with E-state index in [-0.39, 0.29) is 24.5 Å². The topological polar surface area (TPSA) is 168 Å². The number of carbonyl (C=O) groups excluding carboxylic acids is 3. The molecule has 0 spiro atoms. The number of urea groups is 1. The van der Waals surface area contributed by atoms with Crippen LogP contribution >= 0.6 is 11.6 Å². The summed E-state index contributed by atoms with van der Waals surface area (Å²) in [5.41, 5.74) is 4.22. The maximum Gasteiger partial charge on any atom is 0.328 e. The van der Waals surface area contributed by atoms with E-state index in [4.69, 9.17) is 17.3 Å². The lowest BCUT2D eigenvalue weighted by Gasteiger charge is -2.10. The Hall–Kier alpha value is -3.60. The second-order valence-corrected chi connectivity index (χ2v) is 6.00. The molecule has 2 aromatic rings. The minimum atomic E-state index is -0.771. The molecular weight excluding hydrogens is 392 g/mol. The summed E-state index contributed by atoms with van der Waals surface area (Å²) in [5.74, 6) is -1.08. The van der Waals surface area contributed by atoms with Crippen LogP contribution in [0.25, 0.3) is 0 Å². The van der Waals surface area contributed by atoms with Crippen LogP contribution in [0, 0.1) is 0 Å². The molecule has 4 amide bonds. The highest BCUT2D eigenvalue weighted by molar-refractivity contribution is 6.30. The SMILES string of the molecule is NC(=O)CCNC(=O)Nc1cccc(NC(=O)Cn2cc(Cl)c(=O)[nH]c2=O)c1. The zero-order valence-electron chi connectivity index (χ0n) is 14.5. The number of nitrogens with two attached hydrogens (primary N) is 1. The van der Waals surface area contributed by atoms with Crippen LogP contribution in [0.5, 0.6) is 0 Å². The van der Waals surface area contributed by atoms with Crippen LogP contribution in [0.15, 0.2) is 40.1 Å². The maximum atomic E-state index is 12.1. The number of carbonyl (C=O) groups is 3. The Balaban J connectivity index is 1.96. The highest BCUT2D eigenvalue weighted by Crippen LogP contribution is 2.15. The Morgan fingerprint density at radius 2 is 1.82 bits per heavy atom. The van der Waals surface area contributed by atoms with Crippen molar-refractivity contribution in [3.8, 4) is 0 Å². The zero-order valence-corrected chi connectivity index (χ0v) is 15.2. The van der Waals surface area contributed by atoms with Crippen LogP contribution in [-0.4, -0.2) is 33.9 Å². The van der Waals surface area contributed by atoms with E-state index in [1.807, 2.05) is 4.98 Å². The molecule has 0 fully saturated rings. The molecule has 0 aliphatic heterocycles. The van der Waals surface area contributed by atoms with Gasteiger partial charge in [0, 0.05) is 30.5 Å². The first kappa shape index (κ1) is 20.7. The summed E-state index contributed by atoms with van der Waals surface area (Å²) < 4.78 is 0.952. The third-order valence-corrected chi connectivity index (χ3v) is 3.61. The Kier molecular flexibility index (Phi) is 6.93. The summed E-state index contributed by atoms with van der Waals surface area (Å²) in [6, 6.07) is 5.72. The van der Waals surface area contributed by atoms with Crippen LogP contribution in [0.1, 0.15) is 6.42 Å². The summed E-state index contributed by atoms with van der Waals surface area (Å²) >= 11 is 5.65. The van der Waals surface area contributed by atoms with Crippen molar-refractivity contribution in [1.29, 1.82) is 0 Å². The smallest absolute Gasteiger partial charge is 0.328 e. The van der Waals surface area contributed by atoms with Gasteiger partial charge in [-0.15, -0.1) is 0 Å². The van der Waals surface area contributed by atoms with Gasteiger partial charge in [-0.2, -0.15) is 0 Å². The van der Waals surface area contributed by atoms with Gasteiger partial charge in [0.15, 0.2) is 0 Å². The normalized spacial score (nSPS) is 10.2. The van der Waals surface area contributed by atoms with E-state index >= 15 is 0 Å². The van der Waals surface area contributed by atoms with E-state index in [1.165, 1.54) is 6.07 Å². The molecule has 0 atom stereocenters. The molecule has 1 aromatic heterocycles. The van der Waals surface area contributed by atoms with Crippen molar-refractivity contribution in [2.75, 3.05) is 17.2 Å². The molecule has 28 heavy (non-hydrogen) atoms. The molecule has 1 heterocycles. The number of hydrogen-bond donors (Lipinski definition) is 5. The molecule has 0 aliphatic rings. The number of nitrogens with one attached hydrogen (secondary N) is 4. The van der Waals surface area contributed by atoms with Crippen molar-refractivity contribution >= 4 is 40.8 Å². The summed E-state index contributed by atoms with van der Waals surface area (Å²) in [6.45, 7) is -0.283. The lowest BCUT2D eigenvalue weighted by molar-refractivity contribution is -0.118. The van der Waals surface area contributed by atoms with Gasteiger partial charge in [-0.05, 0) is 18.2 Å². The van der Waals surface area contributed by atoms with E-state index in [2.05, 4.69) is 16.0 Å². The van der Waals surface area contributed by atoms with Crippen LogP contribution in [-0.2, 0) is 16.1 Å². The van der Waals surface area contributed by atoms with Crippen molar-refractivity contribution in [2.24, 2.45) is 5.73 Å². The third-order valence-electron chi connectivity index (χ3n) is 3.34. The van der Waals surface area contributed by atoms with Crippen molar-refractivity contribution in [3.63, 3.8) is 0 Å². The van der Waals surface area contributed by atoms with Gasteiger partial charge in [-0.25, -0.2) is 9.59 Å². The molecule has 0 saturated carbocycles. The van der Waals surface area contributed by atoms with E-state index in [1.54, 1.807) is 18.2 Å². The number of amides is 4. The molecular formula is C16H17ClN6O5. The van der Waals surface area contributed by atoms with Crippen LogP contribution < -0.4 is 32.9 Å². The minimum absolute atomic E-state index is 0.0116. The average molecular weight is 409 g/mol. The molecule has 148 valence electrons. The lowest BCUT2D eigenvalue weighted by atomic mass is 10.2. The Labute approximate surface area is 162 Å². The van der Waals surface area contributed by atoms with E-state index in [0.717, 1.165) is 10.8 Å². The van der Waals surface area contributed by atoms with Crippen LogP contribution in [0.3, 0.4) is 0 Å². The number of anilines is 2. The summed E-state index contributed by atoms with van der Waals surface area (Å²) in [6.07, 6.45) is 1.08. The van der Waals surface area contributed by atoms with E-state index in [9.17, 15) is 24.0 Å². The number of rotatable bonds is 7. The number of nitrogens with zero attached hydrogens (tertiary/aromatic N) is 1. The molecule has 12 heteroatoms. The van der Waals surface area contributed by atoms with Gasteiger partial charge in [-0.3, -0.25) is 23.9 Å². The van der Waals surface area contributed by atoms with Crippen LogP contribution in [0.2, 0.25) is 5.02 Å². The number of primary amides is 1. The van der Waals surface area contributed by atoms with Gasteiger partial charge in [-0.1, -0.05) is 17.7 Å². The maximum absolute atomic E-state index is 12.1. The molecule has 0 bridgehead atoms. The predicted octanol–water partition coefficient (Wildman–Crippen LogP) is -0.174. The average Bonchev–Trinajstić information content (AvgIpc) is 2.59. The first-order valence-electron chi connectivity index (χ1n) is 7.97. The van der Waals surface area contributed by atoms with Gasteiger partial charge in [0.25, 0.3) is 5.56 Å². The van der Waals surface area contributed by atoms with Gasteiger partial charge in [0.1, 0.15) is 11.6 Å². The molecule has 2 rings (SSSR count). The first-order valence-corrected chi connectivity index (χ1v) is 8.34. The molecule has 0 unspecified atom stereocenters. The van der Waals surface area contributed by atoms with Crippen molar-refractivity contribution in [3.05, 3.63) is 56.3 Å². The third kappa shape index (κ3) is 6.29. The molecule has 1 aromatic carbocycles. The minimum Gasteiger partial charge on any atom is -0.370 e. The summed E-state index contributed by atoms with van der Waals surface area (Å²) in [5, 5.41) is 7.33. The number of benzene rings is 1. The Morgan fingerprint density at radius 1 is 1.14 bits per heavy atom. The van der Waals surface area contributed by atoms with E-state index in [0.29, 0.717) is 11.4 Å². The highest BCUT2D eigenvalue weighted by atomic mass is 35.5. The number of halogens is 1. The predicted molar refractivity (Wildman–Crippen MR) is 102 cm³/mol. The summed E-state index contributed by atoms with van der Waals surface area (Å²) in [4.78, 5) is 59.4. The van der Waals surface area contributed by atoms with Gasteiger partial charge in [0.05, 0.1) is 0 Å². The lowest BCUT2D eigenvalue weighted by Crippen LogP contribution is -2.33. The second kappa shape index (κ2) is 9.37. The fraction of sp³-hybridized carbons (Fsp3) is 0.188. The summed E-state index contributed by atoms with van der Waals surface area (Å²) in [7, 11) is 0. The fourth-order valence-corrected chi connectivity index (χ4v) is 2.27. The monoisotopic (exact) mass is 408 g/mol. The molecule has 0 saturated heterocycles. The first-order chi connectivity index (χ1) is 13.2. The largest absolute Gasteiger partial charge is 0.370 e. The number of H-pyrrole nitrogens is 1. The molecule has 11 nitrogen and oxygen atoms in total. The van der Waals surface area contributed by atoms with Gasteiger partial charge in [0.2, 0.25) is 11.8 Å². The molecule has 0 aliphatic carbocycles. The Morgan fingerprint density at radius 3 is 2.50 bits per heavy atom. The van der Waals surface area contributed by atoms with Crippen LogP contribution in [0.4, 0.5) is 16.2 Å². The zero-order chi connectivity index (χ0) is 20.7.